The number of hydrogen-bond donors (Lipinski definition) is 2. The molecule has 5 nitrogen and oxygen atoms in total. The fourth-order valence-corrected chi connectivity index (χ4v) is 4.74. The lowest BCUT2D eigenvalue weighted by molar-refractivity contribution is 0.0710. The van der Waals surface area contributed by atoms with E-state index in [2.05, 4.69) is 9.97 Å². The van der Waals surface area contributed by atoms with Gasteiger partial charge in [0.2, 0.25) is 0 Å². The molecule has 0 spiro atoms. The van der Waals surface area contributed by atoms with Crippen LogP contribution in [-0.4, -0.2) is 27.8 Å². The summed E-state index contributed by atoms with van der Waals surface area (Å²) in [6, 6.07) is 7.02. The molecule has 0 radical (unpaired) electrons. The standard InChI is InChI=1S/C24H19F4N3O2/c1-31(24(33)19-8-11-7-16(26)15(22(27)28)10-18(11)29-19)20-4-2-3-17-21(20)13-6-5-12(25)9-14(13)23(32)30-17/h5-10,20,22,29H,2-4H2,1H3,(H,30,32)/t20-/m0/s1. The first-order valence-corrected chi connectivity index (χ1v) is 10.5. The molecular weight excluding hydrogens is 438 g/mol. The van der Waals surface area contributed by atoms with E-state index < -0.39 is 35.6 Å². The van der Waals surface area contributed by atoms with Gasteiger partial charge in [0.25, 0.3) is 17.9 Å². The Morgan fingerprint density at radius 1 is 1.09 bits per heavy atom. The lowest BCUT2D eigenvalue weighted by Gasteiger charge is -2.33. The third kappa shape index (κ3) is 3.48. The highest BCUT2D eigenvalue weighted by atomic mass is 19.3. The van der Waals surface area contributed by atoms with Gasteiger partial charge >= 0.3 is 0 Å². The van der Waals surface area contributed by atoms with Crippen molar-refractivity contribution in [3.8, 4) is 0 Å². The van der Waals surface area contributed by atoms with E-state index >= 15 is 0 Å². The van der Waals surface area contributed by atoms with E-state index in [-0.39, 0.29) is 22.2 Å². The van der Waals surface area contributed by atoms with Crippen LogP contribution in [0.25, 0.3) is 21.7 Å². The Kier molecular flexibility index (Phi) is 4.99. The number of alkyl halides is 2. The van der Waals surface area contributed by atoms with Crippen LogP contribution >= 0.6 is 0 Å². The van der Waals surface area contributed by atoms with Crippen molar-refractivity contribution >= 4 is 27.6 Å². The normalized spacial score (nSPS) is 15.9. The number of pyridine rings is 1. The average Bonchev–Trinajstić information content (AvgIpc) is 3.20. The Labute approximate surface area is 185 Å². The van der Waals surface area contributed by atoms with Gasteiger partial charge in [-0.3, -0.25) is 9.59 Å². The molecule has 4 aromatic rings. The summed E-state index contributed by atoms with van der Waals surface area (Å²) in [6.45, 7) is 0. The van der Waals surface area contributed by atoms with E-state index in [1.165, 1.54) is 23.1 Å². The zero-order valence-electron chi connectivity index (χ0n) is 17.5. The van der Waals surface area contributed by atoms with Crippen LogP contribution in [0.1, 0.15) is 52.6 Å². The number of nitrogens with zero attached hydrogens (tertiary/aromatic N) is 1. The van der Waals surface area contributed by atoms with Crippen molar-refractivity contribution in [2.24, 2.45) is 0 Å². The summed E-state index contributed by atoms with van der Waals surface area (Å²) in [7, 11) is 1.61. The minimum absolute atomic E-state index is 0.130. The lowest BCUT2D eigenvalue weighted by atomic mass is 9.86. The number of carbonyl (C=O) groups is 1. The van der Waals surface area contributed by atoms with Gasteiger partial charge in [-0.15, -0.1) is 0 Å². The molecule has 33 heavy (non-hydrogen) atoms. The topological polar surface area (TPSA) is 69.0 Å². The predicted octanol–water partition coefficient (Wildman–Crippen LogP) is 5.37. The number of hydrogen-bond acceptors (Lipinski definition) is 2. The first kappa shape index (κ1) is 21.2. The molecule has 1 atom stereocenters. The van der Waals surface area contributed by atoms with Gasteiger partial charge in [0.1, 0.15) is 17.3 Å². The van der Waals surface area contributed by atoms with Gasteiger partial charge in [-0.2, -0.15) is 0 Å². The van der Waals surface area contributed by atoms with Crippen molar-refractivity contribution in [3.05, 3.63) is 80.9 Å². The SMILES string of the molecule is CN(C(=O)c1cc2cc(F)c(C(F)F)cc2[nH]1)[C@H]1CCCc2[nH]c(=O)c3cc(F)ccc3c21. The summed E-state index contributed by atoms with van der Waals surface area (Å²) in [5.74, 6) is -1.98. The minimum atomic E-state index is -2.97. The average molecular weight is 457 g/mol. The molecule has 0 bridgehead atoms. The molecule has 9 heteroatoms. The Bertz CT molecular complexity index is 1470. The Morgan fingerprint density at radius 2 is 1.88 bits per heavy atom. The van der Waals surface area contributed by atoms with Crippen LogP contribution in [0, 0.1) is 11.6 Å². The number of amides is 1. The molecule has 2 aromatic carbocycles. The fraction of sp³-hybridized carbons (Fsp3) is 0.250. The highest BCUT2D eigenvalue weighted by molar-refractivity contribution is 5.98. The van der Waals surface area contributed by atoms with Gasteiger partial charge < -0.3 is 14.9 Å². The molecule has 1 amide bonds. The van der Waals surface area contributed by atoms with Crippen molar-refractivity contribution < 1.29 is 22.4 Å². The molecule has 1 aliphatic carbocycles. The zero-order chi connectivity index (χ0) is 23.4. The molecule has 1 aliphatic rings. The van der Waals surface area contributed by atoms with Crippen molar-refractivity contribution in [2.45, 2.75) is 31.7 Å². The molecule has 170 valence electrons. The second-order valence-electron chi connectivity index (χ2n) is 8.31. The van der Waals surface area contributed by atoms with Gasteiger partial charge in [0, 0.05) is 29.2 Å². The smallest absolute Gasteiger partial charge is 0.270 e. The Hall–Kier alpha value is -3.62. The molecular formula is C24H19F4N3O2. The van der Waals surface area contributed by atoms with Gasteiger partial charge in [-0.05, 0) is 55.0 Å². The van der Waals surface area contributed by atoms with Gasteiger partial charge in [-0.1, -0.05) is 6.07 Å². The van der Waals surface area contributed by atoms with E-state index in [0.29, 0.717) is 29.3 Å². The molecule has 0 fully saturated rings. The van der Waals surface area contributed by atoms with Crippen LogP contribution in [0.15, 0.2) is 41.2 Å². The third-order valence-electron chi connectivity index (χ3n) is 6.33. The third-order valence-corrected chi connectivity index (χ3v) is 6.33. The first-order valence-electron chi connectivity index (χ1n) is 10.5. The second-order valence-corrected chi connectivity index (χ2v) is 8.31. The maximum absolute atomic E-state index is 14.0. The number of halogens is 4. The van der Waals surface area contributed by atoms with Crippen molar-refractivity contribution in [3.63, 3.8) is 0 Å². The zero-order valence-corrected chi connectivity index (χ0v) is 17.5. The van der Waals surface area contributed by atoms with E-state index in [1.807, 2.05) is 0 Å². The van der Waals surface area contributed by atoms with E-state index in [9.17, 15) is 27.2 Å². The fourth-order valence-electron chi connectivity index (χ4n) is 4.74. The Balaban J connectivity index is 1.57. The molecule has 0 saturated carbocycles. The number of rotatable bonds is 3. The molecule has 0 unspecified atom stereocenters. The molecule has 0 saturated heterocycles. The second kappa shape index (κ2) is 7.75. The minimum Gasteiger partial charge on any atom is -0.351 e. The summed E-state index contributed by atoms with van der Waals surface area (Å²) in [5.41, 5.74) is 0.707. The van der Waals surface area contributed by atoms with Crippen LogP contribution in [0.5, 0.6) is 0 Å². The number of aryl methyl sites for hydroxylation is 1. The maximum atomic E-state index is 14.0. The number of benzene rings is 2. The van der Waals surface area contributed by atoms with Crippen molar-refractivity contribution in [2.75, 3.05) is 7.05 Å². The largest absolute Gasteiger partial charge is 0.351 e. The number of fused-ring (bicyclic) bond motifs is 4. The summed E-state index contributed by atoms with van der Waals surface area (Å²) in [5, 5.41) is 1.10. The molecule has 0 aliphatic heterocycles. The number of H-pyrrole nitrogens is 2. The summed E-state index contributed by atoms with van der Waals surface area (Å²) >= 11 is 0. The van der Waals surface area contributed by atoms with Crippen LogP contribution < -0.4 is 5.56 Å². The maximum Gasteiger partial charge on any atom is 0.270 e. The first-order chi connectivity index (χ1) is 15.7. The quantitative estimate of drug-likeness (QED) is 0.406. The molecule has 5 rings (SSSR count). The van der Waals surface area contributed by atoms with Gasteiger partial charge in [0.05, 0.1) is 17.0 Å². The number of carbonyl (C=O) groups excluding carboxylic acids is 1. The lowest BCUT2D eigenvalue weighted by Crippen LogP contribution is -2.34. The van der Waals surface area contributed by atoms with E-state index in [1.54, 1.807) is 13.1 Å². The highest BCUT2D eigenvalue weighted by Gasteiger charge is 2.31. The van der Waals surface area contributed by atoms with Crippen molar-refractivity contribution in [1.29, 1.82) is 0 Å². The highest BCUT2D eigenvalue weighted by Crippen LogP contribution is 2.37. The summed E-state index contributed by atoms with van der Waals surface area (Å²) < 4.78 is 53.8. The monoisotopic (exact) mass is 457 g/mol. The van der Waals surface area contributed by atoms with Crippen molar-refractivity contribution in [1.82, 2.24) is 14.9 Å². The predicted molar refractivity (Wildman–Crippen MR) is 116 cm³/mol. The number of aromatic amines is 2. The van der Waals surface area contributed by atoms with Gasteiger partial charge in [0.15, 0.2) is 0 Å². The molecule has 2 heterocycles. The number of nitrogens with one attached hydrogen (secondary N) is 2. The number of aromatic nitrogens is 2. The molecule has 2 aromatic heterocycles. The van der Waals surface area contributed by atoms with Crippen LogP contribution in [-0.2, 0) is 6.42 Å². The Morgan fingerprint density at radius 3 is 2.64 bits per heavy atom. The van der Waals surface area contributed by atoms with Crippen LogP contribution in [0.3, 0.4) is 0 Å². The molecule has 2 N–H and O–H groups in total. The van der Waals surface area contributed by atoms with Crippen LogP contribution in [0.4, 0.5) is 17.6 Å². The van der Waals surface area contributed by atoms with Crippen LogP contribution in [0.2, 0.25) is 0 Å². The summed E-state index contributed by atoms with van der Waals surface area (Å²) in [4.78, 5) is 32.9. The summed E-state index contributed by atoms with van der Waals surface area (Å²) in [6.07, 6.45) is -0.997. The van der Waals surface area contributed by atoms with E-state index in [0.717, 1.165) is 24.1 Å². The van der Waals surface area contributed by atoms with Gasteiger partial charge in [-0.25, -0.2) is 17.6 Å². The van der Waals surface area contributed by atoms with E-state index in [4.69, 9.17) is 0 Å².